The maximum atomic E-state index is 6.67. The highest BCUT2D eigenvalue weighted by Gasteiger charge is 2.19. The highest BCUT2D eigenvalue weighted by Crippen LogP contribution is 2.44. The Balaban J connectivity index is 1.19. The molecule has 4 nitrogen and oxygen atoms in total. The lowest BCUT2D eigenvalue weighted by Crippen LogP contribution is -2.00. The Morgan fingerprint density at radius 1 is 0.347 bits per heavy atom. The fourth-order valence-electron chi connectivity index (χ4n) is 7.18. The lowest BCUT2D eigenvalue weighted by molar-refractivity contribution is 0.673. The highest BCUT2D eigenvalue weighted by atomic mass is 16.3. The number of furan rings is 1. The van der Waals surface area contributed by atoms with Crippen molar-refractivity contribution < 1.29 is 4.42 Å². The second-order valence-corrected chi connectivity index (χ2v) is 12.4. The SMILES string of the molecule is c1ccc(-c2nc(-c3ccccc3)nc(-c3cccc4cc(-c5cc6ccc7ccccc7c6c6oc7ccccc7c56)ccc34)n2)cc1. The van der Waals surface area contributed by atoms with E-state index in [1.807, 2.05) is 66.7 Å². The molecule has 0 aliphatic rings. The van der Waals surface area contributed by atoms with Gasteiger partial charge in [-0.05, 0) is 56.3 Å². The summed E-state index contributed by atoms with van der Waals surface area (Å²) in [5, 5.41) is 9.13. The summed E-state index contributed by atoms with van der Waals surface area (Å²) in [5.41, 5.74) is 6.95. The van der Waals surface area contributed by atoms with Crippen LogP contribution in [0.2, 0.25) is 0 Å². The molecule has 0 spiro atoms. The van der Waals surface area contributed by atoms with Crippen molar-refractivity contribution in [2.75, 3.05) is 0 Å². The van der Waals surface area contributed by atoms with Crippen LogP contribution in [-0.4, -0.2) is 15.0 Å². The van der Waals surface area contributed by atoms with E-state index >= 15 is 0 Å². The van der Waals surface area contributed by atoms with E-state index in [1.54, 1.807) is 0 Å². The van der Waals surface area contributed by atoms with Crippen molar-refractivity contribution in [1.82, 2.24) is 15.0 Å². The zero-order valence-electron chi connectivity index (χ0n) is 26.3. The average Bonchev–Trinajstić information content (AvgIpc) is 3.57. The molecule has 4 heteroatoms. The van der Waals surface area contributed by atoms with Crippen LogP contribution in [0.3, 0.4) is 0 Å². The Labute approximate surface area is 282 Å². The first kappa shape index (κ1) is 27.5. The summed E-state index contributed by atoms with van der Waals surface area (Å²) in [4.78, 5) is 14.9. The second-order valence-electron chi connectivity index (χ2n) is 12.4. The molecule has 0 bridgehead atoms. The molecule has 0 atom stereocenters. The Morgan fingerprint density at radius 3 is 1.76 bits per heavy atom. The van der Waals surface area contributed by atoms with Crippen molar-refractivity contribution in [3.63, 3.8) is 0 Å². The minimum atomic E-state index is 0.645. The van der Waals surface area contributed by atoms with Gasteiger partial charge in [0, 0.05) is 32.8 Å². The smallest absolute Gasteiger partial charge is 0.164 e. The van der Waals surface area contributed by atoms with Crippen LogP contribution in [0, 0.1) is 0 Å². The topological polar surface area (TPSA) is 51.8 Å². The zero-order chi connectivity index (χ0) is 32.3. The average molecular weight is 626 g/mol. The van der Waals surface area contributed by atoms with Crippen molar-refractivity contribution in [2.24, 2.45) is 0 Å². The van der Waals surface area contributed by atoms with Crippen LogP contribution >= 0.6 is 0 Å². The van der Waals surface area contributed by atoms with E-state index in [0.717, 1.165) is 71.3 Å². The summed E-state index contributed by atoms with van der Waals surface area (Å²) in [6, 6.07) is 56.9. The molecule has 10 rings (SSSR count). The number of fused-ring (bicyclic) bond motifs is 8. The highest BCUT2D eigenvalue weighted by molar-refractivity contribution is 6.27. The van der Waals surface area contributed by atoms with E-state index < -0.39 is 0 Å². The molecular weight excluding hydrogens is 599 g/mol. The molecule has 0 N–H and O–H groups in total. The fourth-order valence-corrected chi connectivity index (χ4v) is 7.18. The maximum Gasteiger partial charge on any atom is 0.164 e. The van der Waals surface area contributed by atoms with Gasteiger partial charge in [0.15, 0.2) is 17.5 Å². The van der Waals surface area contributed by atoms with E-state index in [1.165, 1.54) is 10.8 Å². The quantitative estimate of drug-likeness (QED) is 0.183. The third-order valence-electron chi connectivity index (χ3n) is 9.48. The van der Waals surface area contributed by atoms with Crippen LogP contribution in [-0.2, 0) is 0 Å². The molecule has 10 aromatic rings. The van der Waals surface area contributed by atoms with Crippen molar-refractivity contribution in [2.45, 2.75) is 0 Å². The number of rotatable bonds is 4. The summed E-state index contributed by atoms with van der Waals surface area (Å²) in [6.45, 7) is 0. The van der Waals surface area contributed by atoms with Crippen LogP contribution in [0.15, 0.2) is 168 Å². The molecular formula is C45H27N3O. The van der Waals surface area contributed by atoms with Crippen LogP contribution in [0.25, 0.3) is 99.5 Å². The standard InChI is InChI=1S/C45H27N3O/c1-3-13-29(14-4-1)43-46-44(30-15-5-2-6-16-30)48-45(47-43)36-20-11-17-31-26-32(24-25-34(31)36)38-27-33-23-22-28-12-7-8-18-35(28)40(33)42-41(38)37-19-9-10-21-39(37)49-42/h1-27H. The number of aromatic nitrogens is 3. The van der Waals surface area contributed by atoms with Gasteiger partial charge in [0.05, 0.1) is 0 Å². The number of hydrogen-bond donors (Lipinski definition) is 0. The summed E-state index contributed by atoms with van der Waals surface area (Å²) in [7, 11) is 0. The lowest BCUT2D eigenvalue weighted by atomic mass is 9.91. The van der Waals surface area contributed by atoms with Crippen LogP contribution < -0.4 is 0 Å². The Hall–Kier alpha value is -6.65. The van der Waals surface area contributed by atoms with Gasteiger partial charge in [0.1, 0.15) is 11.2 Å². The van der Waals surface area contributed by atoms with Gasteiger partial charge in [-0.25, -0.2) is 15.0 Å². The molecule has 0 amide bonds. The van der Waals surface area contributed by atoms with E-state index in [9.17, 15) is 0 Å². The Morgan fingerprint density at radius 2 is 0.980 bits per heavy atom. The van der Waals surface area contributed by atoms with Gasteiger partial charge in [-0.2, -0.15) is 0 Å². The normalized spacial score (nSPS) is 11.7. The molecule has 228 valence electrons. The molecule has 0 saturated carbocycles. The van der Waals surface area contributed by atoms with Crippen molar-refractivity contribution in [1.29, 1.82) is 0 Å². The minimum absolute atomic E-state index is 0.645. The molecule has 2 heterocycles. The van der Waals surface area contributed by atoms with Gasteiger partial charge < -0.3 is 4.42 Å². The number of para-hydroxylation sites is 1. The molecule has 49 heavy (non-hydrogen) atoms. The van der Waals surface area contributed by atoms with Gasteiger partial charge in [-0.15, -0.1) is 0 Å². The largest absolute Gasteiger partial charge is 0.455 e. The predicted octanol–water partition coefficient (Wildman–Crippen LogP) is 11.9. The first-order valence-corrected chi connectivity index (χ1v) is 16.4. The molecule has 2 aromatic heterocycles. The monoisotopic (exact) mass is 625 g/mol. The number of nitrogens with zero attached hydrogens (tertiary/aromatic N) is 3. The van der Waals surface area contributed by atoms with Crippen molar-refractivity contribution in [3.8, 4) is 45.3 Å². The van der Waals surface area contributed by atoms with Crippen molar-refractivity contribution in [3.05, 3.63) is 164 Å². The van der Waals surface area contributed by atoms with Crippen LogP contribution in [0.5, 0.6) is 0 Å². The summed E-state index contributed by atoms with van der Waals surface area (Å²) >= 11 is 0. The van der Waals surface area contributed by atoms with E-state index in [4.69, 9.17) is 19.4 Å². The first-order valence-electron chi connectivity index (χ1n) is 16.4. The molecule has 0 aliphatic heterocycles. The second kappa shape index (κ2) is 11.0. The van der Waals surface area contributed by atoms with Crippen molar-refractivity contribution >= 4 is 54.3 Å². The van der Waals surface area contributed by atoms with Gasteiger partial charge >= 0.3 is 0 Å². The van der Waals surface area contributed by atoms with Crippen LogP contribution in [0.1, 0.15) is 0 Å². The molecule has 0 saturated heterocycles. The van der Waals surface area contributed by atoms with Gasteiger partial charge in [-0.3, -0.25) is 0 Å². The maximum absolute atomic E-state index is 6.67. The fraction of sp³-hybridized carbons (Fsp3) is 0. The summed E-state index contributed by atoms with van der Waals surface area (Å²) in [5.74, 6) is 1.94. The predicted molar refractivity (Wildman–Crippen MR) is 201 cm³/mol. The third kappa shape index (κ3) is 4.49. The molecule has 0 unspecified atom stereocenters. The molecule has 0 fully saturated rings. The molecule has 0 aliphatic carbocycles. The molecule has 0 radical (unpaired) electrons. The number of hydrogen-bond acceptors (Lipinski definition) is 4. The third-order valence-corrected chi connectivity index (χ3v) is 9.48. The van der Waals surface area contributed by atoms with E-state index in [2.05, 4.69) is 97.1 Å². The summed E-state index contributed by atoms with van der Waals surface area (Å²) < 4.78 is 6.67. The van der Waals surface area contributed by atoms with E-state index in [-0.39, 0.29) is 0 Å². The van der Waals surface area contributed by atoms with Gasteiger partial charge in [0.25, 0.3) is 0 Å². The Bertz CT molecular complexity index is 2820. The van der Waals surface area contributed by atoms with E-state index in [0.29, 0.717) is 17.5 Å². The zero-order valence-corrected chi connectivity index (χ0v) is 26.3. The lowest BCUT2D eigenvalue weighted by Gasteiger charge is -2.13. The Kier molecular flexibility index (Phi) is 6.15. The molecule has 8 aromatic carbocycles. The summed E-state index contributed by atoms with van der Waals surface area (Å²) in [6.07, 6.45) is 0. The minimum Gasteiger partial charge on any atom is -0.455 e. The van der Waals surface area contributed by atoms with Gasteiger partial charge in [-0.1, -0.05) is 146 Å². The van der Waals surface area contributed by atoms with Gasteiger partial charge in [0.2, 0.25) is 0 Å². The first-order chi connectivity index (χ1) is 24.3. The number of benzene rings is 8. The van der Waals surface area contributed by atoms with Crippen LogP contribution in [0.4, 0.5) is 0 Å².